The number of hydrogen-bond acceptors (Lipinski definition) is 8. The summed E-state index contributed by atoms with van der Waals surface area (Å²) in [7, 11) is 0. The van der Waals surface area contributed by atoms with Gasteiger partial charge in [0.25, 0.3) is 11.9 Å². The predicted octanol–water partition coefficient (Wildman–Crippen LogP) is 1.66. The SMILES string of the molecule is O=C(CCc1ccc(C(=O)NC[C@H](Nc2nc3cccc(F)c3o2)C(=O)O)cc1)NC1=NCCCN1. The first-order valence-electron chi connectivity index (χ1n) is 11.4. The fraction of sp³-hybridized carbons (Fsp3) is 0.292. The number of nitrogens with one attached hydrogen (secondary N) is 4. The van der Waals surface area contributed by atoms with Crippen molar-refractivity contribution >= 4 is 40.9 Å². The van der Waals surface area contributed by atoms with Gasteiger partial charge in [0.1, 0.15) is 11.6 Å². The van der Waals surface area contributed by atoms with E-state index in [-0.39, 0.29) is 36.0 Å². The van der Waals surface area contributed by atoms with Crippen LogP contribution in [0.25, 0.3) is 11.1 Å². The number of aliphatic carboxylic acids is 1. The molecule has 2 heterocycles. The Kier molecular flexibility index (Phi) is 7.73. The third kappa shape index (κ3) is 6.34. The molecule has 1 aliphatic heterocycles. The third-order valence-electron chi connectivity index (χ3n) is 5.44. The van der Waals surface area contributed by atoms with Gasteiger partial charge in [0, 0.05) is 31.6 Å². The average Bonchev–Trinajstić information content (AvgIpc) is 3.30. The minimum absolute atomic E-state index is 0.0925. The second-order valence-electron chi connectivity index (χ2n) is 8.11. The lowest BCUT2D eigenvalue weighted by atomic mass is 10.1. The van der Waals surface area contributed by atoms with Gasteiger partial charge in [-0.2, -0.15) is 4.98 Å². The van der Waals surface area contributed by atoms with Crippen molar-refractivity contribution in [2.45, 2.75) is 25.3 Å². The zero-order chi connectivity index (χ0) is 25.5. The van der Waals surface area contributed by atoms with E-state index in [0.29, 0.717) is 24.5 Å². The number of nitrogens with zero attached hydrogens (tertiary/aromatic N) is 2. The standard InChI is InChI=1S/C24H25FN6O5/c25-16-3-1-4-17-20(16)36-24(29-17)30-18(22(34)35)13-28-21(33)15-8-5-14(6-9-15)7-10-19(32)31-23-26-11-2-12-27-23/h1,3-6,8-9,18H,2,7,10-13H2,(H,28,33)(H,29,30)(H,34,35)(H2,26,27,31,32)/t18-/m0/s1. The largest absolute Gasteiger partial charge is 0.480 e. The van der Waals surface area contributed by atoms with E-state index in [4.69, 9.17) is 4.42 Å². The summed E-state index contributed by atoms with van der Waals surface area (Å²) in [5.74, 6) is -2.00. The molecule has 1 aliphatic rings. The number of hydrogen-bond donors (Lipinski definition) is 5. The summed E-state index contributed by atoms with van der Waals surface area (Å²) in [5.41, 5.74) is 1.35. The van der Waals surface area contributed by atoms with Crippen LogP contribution in [0.3, 0.4) is 0 Å². The maximum Gasteiger partial charge on any atom is 0.328 e. The molecule has 12 heteroatoms. The molecule has 36 heavy (non-hydrogen) atoms. The number of oxazole rings is 1. The van der Waals surface area contributed by atoms with E-state index >= 15 is 0 Å². The van der Waals surface area contributed by atoms with Crippen LogP contribution in [0.4, 0.5) is 10.4 Å². The van der Waals surface area contributed by atoms with Crippen molar-refractivity contribution in [1.82, 2.24) is 20.9 Å². The number of amides is 2. The van der Waals surface area contributed by atoms with Crippen LogP contribution in [0, 0.1) is 5.82 Å². The minimum atomic E-state index is -1.26. The normalized spacial score (nSPS) is 13.9. The molecule has 0 radical (unpaired) electrons. The zero-order valence-electron chi connectivity index (χ0n) is 19.2. The fourth-order valence-electron chi connectivity index (χ4n) is 3.51. The number of carboxylic acid groups (broad SMARTS) is 1. The van der Waals surface area contributed by atoms with E-state index in [0.717, 1.165) is 18.5 Å². The molecule has 0 saturated carbocycles. The van der Waals surface area contributed by atoms with Gasteiger partial charge in [0.2, 0.25) is 5.91 Å². The number of fused-ring (bicyclic) bond motifs is 1. The lowest BCUT2D eigenvalue weighted by molar-refractivity contribution is -0.137. The summed E-state index contributed by atoms with van der Waals surface area (Å²) in [6.07, 6.45) is 1.68. The number of carbonyl (C=O) groups is 3. The molecule has 0 unspecified atom stereocenters. The van der Waals surface area contributed by atoms with Crippen LogP contribution in [0.15, 0.2) is 51.9 Å². The van der Waals surface area contributed by atoms with Crippen molar-refractivity contribution in [2.75, 3.05) is 25.0 Å². The van der Waals surface area contributed by atoms with Crippen LogP contribution in [0.1, 0.15) is 28.8 Å². The van der Waals surface area contributed by atoms with Crippen LogP contribution in [0.5, 0.6) is 0 Å². The van der Waals surface area contributed by atoms with Crippen LogP contribution >= 0.6 is 0 Å². The smallest absolute Gasteiger partial charge is 0.328 e. The van der Waals surface area contributed by atoms with E-state index in [2.05, 4.69) is 31.2 Å². The fourth-order valence-corrected chi connectivity index (χ4v) is 3.51. The molecule has 2 amide bonds. The van der Waals surface area contributed by atoms with Crippen molar-refractivity contribution in [2.24, 2.45) is 4.99 Å². The van der Waals surface area contributed by atoms with Crippen LogP contribution in [-0.2, 0) is 16.0 Å². The molecular formula is C24H25FN6O5. The second-order valence-corrected chi connectivity index (χ2v) is 8.11. The molecule has 0 spiro atoms. The number of aromatic nitrogens is 1. The molecule has 1 atom stereocenters. The van der Waals surface area contributed by atoms with Crippen molar-refractivity contribution in [3.8, 4) is 0 Å². The highest BCUT2D eigenvalue weighted by Crippen LogP contribution is 2.21. The summed E-state index contributed by atoms with van der Waals surface area (Å²) in [6, 6.07) is 9.44. The van der Waals surface area contributed by atoms with E-state index in [1.54, 1.807) is 24.3 Å². The number of aryl methyl sites for hydroxylation is 1. The summed E-state index contributed by atoms with van der Waals surface area (Å²) < 4.78 is 19.0. The number of carboxylic acids is 1. The molecule has 188 valence electrons. The summed E-state index contributed by atoms with van der Waals surface area (Å²) in [5, 5.41) is 20.4. The van der Waals surface area contributed by atoms with Crippen molar-refractivity contribution in [3.05, 3.63) is 59.4 Å². The second kappa shape index (κ2) is 11.3. The maximum absolute atomic E-state index is 13.8. The Balaban J connectivity index is 1.27. The summed E-state index contributed by atoms with van der Waals surface area (Å²) in [4.78, 5) is 44.4. The quantitative estimate of drug-likeness (QED) is 0.299. The first-order valence-corrected chi connectivity index (χ1v) is 11.4. The molecule has 0 fully saturated rings. The van der Waals surface area contributed by atoms with Crippen molar-refractivity contribution in [1.29, 1.82) is 0 Å². The Morgan fingerprint density at radius 1 is 1.17 bits per heavy atom. The van der Waals surface area contributed by atoms with Crippen LogP contribution < -0.4 is 21.3 Å². The highest BCUT2D eigenvalue weighted by molar-refractivity contribution is 5.97. The number of guanidine groups is 1. The summed E-state index contributed by atoms with van der Waals surface area (Å²) >= 11 is 0. The molecule has 1 aromatic heterocycles. The Hall–Kier alpha value is -4.48. The van der Waals surface area contributed by atoms with Crippen molar-refractivity contribution < 1.29 is 28.3 Å². The molecule has 5 N–H and O–H groups in total. The van der Waals surface area contributed by atoms with E-state index in [9.17, 15) is 23.9 Å². The first kappa shape index (κ1) is 24.6. The number of para-hydroxylation sites is 1. The lowest BCUT2D eigenvalue weighted by Gasteiger charge is -2.15. The molecule has 4 rings (SSSR count). The molecule has 0 bridgehead atoms. The molecule has 0 aliphatic carbocycles. The Bertz CT molecular complexity index is 1290. The van der Waals surface area contributed by atoms with Gasteiger partial charge >= 0.3 is 5.97 Å². The third-order valence-corrected chi connectivity index (χ3v) is 5.44. The Labute approximate surface area is 205 Å². The lowest BCUT2D eigenvalue weighted by Crippen LogP contribution is -2.43. The number of halogens is 1. The Morgan fingerprint density at radius 3 is 2.67 bits per heavy atom. The molecule has 2 aromatic carbocycles. The van der Waals surface area contributed by atoms with Gasteiger partial charge in [-0.15, -0.1) is 0 Å². The summed E-state index contributed by atoms with van der Waals surface area (Å²) in [6.45, 7) is 1.20. The van der Waals surface area contributed by atoms with Crippen molar-refractivity contribution in [3.63, 3.8) is 0 Å². The topological polar surface area (TPSA) is 158 Å². The predicted molar refractivity (Wildman–Crippen MR) is 129 cm³/mol. The number of aliphatic imine (C=N–C) groups is 1. The van der Waals surface area contributed by atoms with Gasteiger partial charge < -0.3 is 25.5 Å². The number of benzene rings is 2. The first-order chi connectivity index (χ1) is 17.4. The number of rotatable bonds is 9. The minimum Gasteiger partial charge on any atom is -0.480 e. The highest BCUT2D eigenvalue weighted by Gasteiger charge is 2.22. The molecule has 0 saturated heterocycles. The zero-order valence-corrected chi connectivity index (χ0v) is 19.2. The Morgan fingerprint density at radius 2 is 1.97 bits per heavy atom. The van der Waals surface area contributed by atoms with Crippen LogP contribution in [0.2, 0.25) is 0 Å². The molecular weight excluding hydrogens is 471 g/mol. The van der Waals surface area contributed by atoms with Crippen LogP contribution in [-0.4, -0.2) is 59.5 Å². The monoisotopic (exact) mass is 496 g/mol. The van der Waals surface area contributed by atoms with Gasteiger partial charge in [-0.25, -0.2) is 9.18 Å². The number of carbonyl (C=O) groups excluding carboxylic acids is 2. The van der Waals surface area contributed by atoms with Gasteiger partial charge in [0.05, 0.1) is 0 Å². The van der Waals surface area contributed by atoms with Gasteiger partial charge in [-0.05, 0) is 42.7 Å². The molecule has 3 aromatic rings. The van der Waals surface area contributed by atoms with Gasteiger partial charge in [-0.1, -0.05) is 18.2 Å². The van der Waals surface area contributed by atoms with E-state index in [1.807, 2.05) is 0 Å². The maximum atomic E-state index is 13.8. The van der Waals surface area contributed by atoms with E-state index < -0.39 is 23.7 Å². The van der Waals surface area contributed by atoms with E-state index in [1.165, 1.54) is 18.2 Å². The van der Waals surface area contributed by atoms with Gasteiger partial charge in [-0.3, -0.25) is 19.9 Å². The highest BCUT2D eigenvalue weighted by atomic mass is 19.1. The average molecular weight is 496 g/mol. The molecule has 11 nitrogen and oxygen atoms in total. The van der Waals surface area contributed by atoms with Gasteiger partial charge in [0.15, 0.2) is 17.4 Å². The number of anilines is 1.